The number of aromatic nitrogens is 1. The molecule has 3 heteroatoms. The van der Waals surface area contributed by atoms with Crippen LogP contribution >= 0.6 is 23.5 Å². The molecule has 0 aliphatic heterocycles. The van der Waals surface area contributed by atoms with E-state index in [0.717, 1.165) is 11.5 Å². The SMILES string of the molecule is c1ccc(CSC(SCc2ccccc2)c2c[nH]c3ccccc23)cc1. The highest BCUT2D eigenvalue weighted by atomic mass is 32.2. The van der Waals surface area contributed by atoms with Crippen LogP contribution in [0.15, 0.2) is 91.1 Å². The molecule has 130 valence electrons. The van der Waals surface area contributed by atoms with Gasteiger partial charge in [0.1, 0.15) is 0 Å². The van der Waals surface area contributed by atoms with Gasteiger partial charge in [0, 0.05) is 34.2 Å². The van der Waals surface area contributed by atoms with Gasteiger partial charge in [0.25, 0.3) is 0 Å². The fraction of sp³-hybridized carbons (Fsp3) is 0.130. The fourth-order valence-electron chi connectivity index (χ4n) is 3.01. The molecule has 0 saturated carbocycles. The molecule has 0 radical (unpaired) electrons. The molecule has 0 fully saturated rings. The number of hydrogen-bond donors (Lipinski definition) is 1. The van der Waals surface area contributed by atoms with Crippen molar-refractivity contribution in [1.29, 1.82) is 0 Å². The minimum atomic E-state index is 0.395. The maximum atomic E-state index is 3.44. The first-order valence-corrected chi connectivity index (χ1v) is 10.9. The number of H-pyrrole nitrogens is 1. The molecule has 1 heterocycles. The van der Waals surface area contributed by atoms with Crippen LogP contribution in [0.4, 0.5) is 0 Å². The van der Waals surface area contributed by atoms with E-state index in [1.807, 2.05) is 23.5 Å². The van der Waals surface area contributed by atoms with E-state index in [1.165, 1.54) is 27.6 Å². The van der Waals surface area contributed by atoms with Crippen LogP contribution in [-0.2, 0) is 11.5 Å². The number of nitrogens with one attached hydrogen (secondary N) is 1. The van der Waals surface area contributed by atoms with E-state index in [9.17, 15) is 0 Å². The van der Waals surface area contributed by atoms with E-state index < -0.39 is 0 Å². The van der Waals surface area contributed by atoms with Crippen LogP contribution in [0, 0.1) is 0 Å². The molecule has 4 rings (SSSR count). The largest absolute Gasteiger partial charge is 0.361 e. The molecule has 0 amide bonds. The number of hydrogen-bond acceptors (Lipinski definition) is 2. The highest BCUT2D eigenvalue weighted by Crippen LogP contribution is 2.45. The van der Waals surface area contributed by atoms with E-state index in [2.05, 4.69) is 96.1 Å². The van der Waals surface area contributed by atoms with Crippen LogP contribution < -0.4 is 0 Å². The third-order valence-corrected chi connectivity index (χ3v) is 7.29. The summed E-state index contributed by atoms with van der Waals surface area (Å²) >= 11 is 4.02. The quantitative estimate of drug-likeness (QED) is 0.349. The smallest absolute Gasteiger partial charge is 0.0778 e. The van der Waals surface area contributed by atoms with E-state index in [4.69, 9.17) is 0 Å². The van der Waals surface area contributed by atoms with Crippen molar-refractivity contribution >= 4 is 34.4 Å². The monoisotopic (exact) mass is 375 g/mol. The number of benzene rings is 3. The topological polar surface area (TPSA) is 15.8 Å². The standard InChI is InChI=1S/C23H21NS2/c1-3-9-18(10-4-1)16-25-23(26-17-19-11-5-2-6-12-19)21-15-24-22-14-8-7-13-20(21)22/h1-15,23-24H,16-17H2. The zero-order valence-corrected chi connectivity index (χ0v) is 16.1. The van der Waals surface area contributed by atoms with E-state index >= 15 is 0 Å². The molecule has 0 aliphatic carbocycles. The van der Waals surface area contributed by atoms with Gasteiger partial charge in [0.2, 0.25) is 0 Å². The first-order valence-electron chi connectivity index (χ1n) is 8.77. The minimum Gasteiger partial charge on any atom is -0.361 e. The molecule has 1 N–H and O–H groups in total. The molecule has 1 nitrogen and oxygen atoms in total. The van der Waals surface area contributed by atoms with Crippen molar-refractivity contribution in [1.82, 2.24) is 4.98 Å². The van der Waals surface area contributed by atoms with Gasteiger partial charge in [-0.15, -0.1) is 23.5 Å². The lowest BCUT2D eigenvalue weighted by Crippen LogP contribution is -1.92. The Kier molecular flexibility index (Phi) is 5.68. The molecule has 0 saturated heterocycles. The van der Waals surface area contributed by atoms with Gasteiger partial charge in [0.05, 0.1) is 4.58 Å². The van der Waals surface area contributed by atoms with Crippen molar-refractivity contribution < 1.29 is 0 Å². The fourth-order valence-corrected chi connectivity index (χ4v) is 5.62. The Bertz CT molecular complexity index is 904. The number of para-hydroxylation sites is 1. The summed E-state index contributed by atoms with van der Waals surface area (Å²) in [4.78, 5) is 3.44. The predicted molar refractivity (Wildman–Crippen MR) is 117 cm³/mol. The van der Waals surface area contributed by atoms with Crippen LogP contribution in [0.25, 0.3) is 10.9 Å². The van der Waals surface area contributed by atoms with Crippen LogP contribution in [-0.4, -0.2) is 4.98 Å². The average molecular weight is 376 g/mol. The summed E-state index contributed by atoms with van der Waals surface area (Å²) < 4.78 is 0.395. The summed E-state index contributed by atoms with van der Waals surface area (Å²) in [6.07, 6.45) is 2.19. The zero-order valence-electron chi connectivity index (χ0n) is 14.5. The Morgan fingerprint density at radius 1 is 0.654 bits per heavy atom. The van der Waals surface area contributed by atoms with Crippen LogP contribution in [0.3, 0.4) is 0 Å². The lowest BCUT2D eigenvalue weighted by atomic mass is 10.2. The Morgan fingerprint density at radius 2 is 1.19 bits per heavy atom. The third-order valence-electron chi connectivity index (χ3n) is 4.36. The normalized spacial score (nSPS) is 11.3. The predicted octanol–water partition coefficient (Wildman–Crippen LogP) is 7.03. The molecule has 0 unspecified atom stereocenters. The second-order valence-electron chi connectivity index (χ2n) is 6.21. The van der Waals surface area contributed by atoms with E-state index in [-0.39, 0.29) is 0 Å². The molecule has 4 aromatic rings. The van der Waals surface area contributed by atoms with E-state index in [0.29, 0.717) is 4.58 Å². The van der Waals surface area contributed by atoms with Crippen molar-refractivity contribution in [3.05, 3.63) is 108 Å². The van der Waals surface area contributed by atoms with E-state index in [1.54, 1.807) is 0 Å². The van der Waals surface area contributed by atoms with Crippen molar-refractivity contribution in [2.75, 3.05) is 0 Å². The van der Waals surface area contributed by atoms with Gasteiger partial charge in [-0.3, -0.25) is 0 Å². The van der Waals surface area contributed by atoms with Crippen molar-refractivity contribution in [2.24, 2.45) is 0 Å². The lowest BCUT2D eigenvalue weighted by molar-refractivity contribution is 1.32. The summed E-state index contributed by atoms with van der Waals surface area (Å²) in [6, 6.07) is 30.1. The number of rotatable bonds is 7. The van der Waals surface area contributed by atoms with Gasteiger partial charge >= 0.3 is 0 Å². The maximum absolute atomic E-state index is 3.44. The van der Waals surface area contributed by atoms with Gasteiger partial charge in [-0.05, 0) is 17.2 Å². The van der Waals surface area contributed by atoms with Gasteiger partial charge in [0.15, 0.2) is 0 Å². The second-order valence-corrected chi connectivity index (χ2v) is 8.70. The average Bonchev–Trinajstić information content (AvgIpc) is 3.14. The first kappa shape index (κ1) is 17.3. The molecular weight excluding hydrogens is 354 g/mol. The Hall–Kier alpha value is -2.10. The summed E-state index contributed by atoms with van der Waals surface area (Å²) in [5, 5.41) is 1.33. The molecule has 0 aliphatic rings. The zero-order chi connectivity index (χ0) is 17.6. The second kappa shape index (κ2) is 8.52. The summed E-state index contributed by atoms with van der Waals surface area (Å²) in [7, 11) is 0. The number of aromatic amines is 1. The highest BCUT2D eigenvalue weighted by molar-refractivity contribution is 8.15. The Labute approximate surface area is 163 Å². The lowest BCUT2D eigenvalue weighted by Gasteiger charge is -2.16. The highest BCUT2D eigenvalue weighted by Gasteiger charge is 2.17. The van der Waals surface area contributed by atoms with Crippen LogP contribution in [0.2, 0.25) is 0 Å². The summed E-state index contributed by atoms with van der Waals surface area (Å²) in [6.45, 7) is 0. The van der Waals surface area contributed by atoms with Crippen molar-refractivity contribution in [3.63, 3.8) is 0 Å². The Morgan fingerprint density at radius 3 is 1.81 bits per heavy atom. The molecule has 26 heavy (non-hydrogen) atoms. The molecule has 1 aromatic heterocycles. The first-order chi connectivity index (χ1) is 12.9. The molecule has 3 aromatic carbocycles. The maximum Gasteiger partial charge on any atom is 0.0778 e. The van der Waals surface area contributed by atoms with Gasteiger partial charge in [-0.1, -0.05) is 78.9 Å². The summed E-state index contributed by atoms with van der Waals surface area (Å²) in [5.74, 6) is 2.04. The van der Waals surface area contributed by atoms with Crippen LogP contribution in [0.5, 0.6) is 0 Å². The molecule has 0 atom stereocenters. The van der Waals surface area contributed by atoms with Gasteiger partial charge < -0.3 is 4.98 Å². The number of thioether (sulfide) groups is 2. The van der Waals surface area contributed by atoms with Crippen molar-refractivity contribution in [2.45, 2.75) is 16.1 Å². The molecular formula is C23H21NS2. The van der Waals surface area contributed by atoms with Gasteiger partial charge in [-0.2, -0.15) is 0 Å². The van der Waals surface area contributed by atoms with Crippen LogP contribution in [0.1, 0.15) is 21.3 Å². The summed E-state index contributed by atoms with van der Waals surface area (Å²) in [5.41, 5.74) is 5.36. The van der Waals surface area contributed by atoms with Crippen molar-refractivity contribution in [3.8, 4) is 0 Å². The Balaban J connectivity index is 1.56. The third kappa shape index (κ3) is 4.17. The minimum absolute atomic E-state index is 0.395. The molecule has 0 bridgehead atoms. The molecule has 0 spiro atoms. The number of fused-ring (bicyclic) bond motifs is 1. The van der Waals surface area contributed by atoms with Gasteiger partial charge in [-0.25, -0.2) is 0 Å².